The maximum absolute atomic E-state index is 11.9. The minimum Gasteiger partial charge on any atom is -0.368 e. The van der Waals surface area contributed by atoms with E-state index in [-0.39, 0.29) is 5.75 Å². The third-order valence-corrected chi connectivity index (χ3v) is 4.90. The number of unbranched alkanes of at least 4 members (excludes halogenated alkanes) is 1. The highest BCUT2D eigenvalue weighted by Gasteiger charge is 2.36. The first kappa shape index (κ1) is 13.7. The Morgan fingerprint density at radius 1 is 1.44 bits per heavy atom. The van der Waals surface area contributed by atoms with Crippen molar-refractivity contribution in [2.75, 3.05) is 18.2 Å². The predicted molar refractivity (Wildman–Crippen MR) is 62.7 cm³/mol. The minimum atomic E-state index is -3.35. The average molecular weight is 269 g/mol. The summed E-state index contributed by atoms with van der Waals surface area (Å²) in [5.74, 6) is -0.0587. The van der Waals surface area contributed by atoms with Crippen LogP contribution in [0.1, 0.15) is 25.7 Å². The Bertz CT molecular complexity index is 345. The number of hydrogen-bond donors (Lipinski definition) is 1. The molecule has 7 heteroatoms. The summed E-state index contributed by atoms with van der Waals surface area (Å²) in [5, 5.41) is 0. The lowest BCUT2D eigenvalue weighted by atomic mass is 10.2. The van der Waals surface area contributed by atoms with Gasteiger partial charge in [-0.25, -0.2) is 8.42 Å². The van der Waals surface area contributed by atoms with Crippen molar-refractivity contribution in [3.63, 3.8) is 0 Å². The standard InChI is InChI=1S/C9H17ClN2O3S/c10-5-1-2-7-16(14,15)12-6-3-4-8(12)9(11)13/h8H,1-7H2,(H2,11,13). The third-order valence-electron chi connectivity index (χ3n) is 2.68. The fourth-order valence-electron chi connectivity index (χ4n) is 1.85. The third kappa shape index (κ3) is 3.33. The summed E-state index contributed by atoms with van der Waals surface area (Å²) in [6, 6.07) is -0.652. The lowest BCUT2D eigenvalue weighted by Gasteiger charge is -2.21. The lowest BCUT2D eigenvalue weighted by molar-refractivity contribution is -0.121. The monoisotopic (exact) mass is 268 g/mol. The molecule has 1 unspecified atom stereocenters. The molecule has 1 aliphatic rings. The first-order valence-corrected chi connectivity index (χ1v) is 7.48. The van der Waals surface area contributed by atoms with Gasteiger partial charge in [-0.2, -0.15) is 4.31 Å². The Morgan fingerprint density at radius 2 is 2.12 bits per heavy atom. The van der Waals surface area contributed by atoms with E-state index in [1.54, 1.807) is 0 Å². The molecule has 0 saturated carbocycles. The van der Waals surface area contributed by atoms with Crippen LogP contribution in [0.3, 0.4) is 0 Å². The summed E-state index contributed by atoms with van der Waals surface area (Å²) in [7, 11) is -3.35. The molecule has 1 saturated heterocycles. The number of alkyl halides is 1. The van der Waals surface area contributed by atoms with Crippen LogP contribution >= 0.6 is 11.6 Å². The van der Waals surface area contributed by atoms with Gasteiger partial charge in [-0.3, -0.25) is 4.79 Å². The number of rotatable bonds is 6. The van der Waals surface area contributed by atoms with Gasteiger partial charge in [0, 0.05) is 12.4 Å². The zero-order valence-corrected chi connectivity index (χ0v) is 10.6. The van der Waals surface area contributed by atoms with Crippen molar-refractivity contribution in [2.45, 2.75) is 31.7 Å². The zero-order chi connectivity index (χ0) is 12.2. The second kappa shape index (κ2) is 5.84. The van der Waals surface area contributed by atoms with Gasteiger partial charge in [0.05, 0.1) is 5.75 Å². The molecular weight excluding hydrogens is 252 g/mol. The molecule has 0 aromatic carbocycles. The number of primary amides is 1. The van der Waals surface area contributed by atoms with Gasteiger partial charge in [-0.1, -0.05) is 0 Å². The van der Waals surface area contributed by atoms with Crippen LogP contribution in [0.2, 0.25) is 0 Å². The topological polar surface area (TPSA) is 80.5 Å². The number of amides is 1. The minimum absolute atomic E-state index is 0.0451. The van der Waals surface area contributed by atoms with Crippen molar-refractivity contribution in [3.8, 4) is 0 Å². The second-order valence-corrected chi connectivity index (χ2v) is 6.30. The van der Waals surface area contributed by atoms with E-state index >= 15 is 0 Å². The van der Waals surface area contributed by atoms with Crippen LogP contribution in [0, 0.1) is 0 Å². The molecule has 0 radical (unpaired) electrons. The highest BCUT2D eigenvalue weighted by Crippen LogP contribution is 2.21. The van der Waals surface area contributed by atoms with Gasteiger partial charge in [0.25, 0.3) is 0 Å². The second-order valence-electron chi connectivity index (χ2n) is 3.88. The maximum atomic E-state index is 11.9. The van der Waals surface area contributed by atoms with E-state index in [0.29, 0.717) is 38.1 Å². The number of carbonyl (C=O) groups is 1. The van der Waals surface area contributed by atoms with Crippen LogP contribution in [0.5, 0.6) is 0 Å². The summed E-state index contributed by atoms with van der Waals surface area (Å²) in [4.78, 5) is 11.1. The Balaban J connectivity index is 2.63. The van der Waals surface area contributed by atoms with E-state index in [2.05, 4.69) is 0 Å². The summed E-state index contributed by atoms with van der Waals surface area (Å²) in [5.41, 5.74) is 5.17. The molecule has 5 nitrogen and oxygen atoms in total. The largest absolute Gasteiger partial charge is 0.368 e. The molecule has 0 spiro atoms. The Kier molecular flexibility index (Phi) is 5.01. The molecule has 1 aliphatic heterocycles. The summed E-state index contributed by atoms with van der Waals surface area (Å²) < 4.78 is 25.0. The van der Waals surface area contributed by atoms with E-state index in [1.807, 2.05) is 0 Å². The van der Waals surface area contributed by atoms with Crippen molar-refractivity contribution in [1.82, 2.24) is 4.31 Å². The predicted octanol–water partition coefficient (Wildman–Crippen LogP) is 0.285. The number of nitrogens with two attached hydrogens (primary N) is 1. The molecule has 16 heavy (non-hydrogen) atoms. The van der Waals surface area contributed by atoms with Gasteiger partial charge >= 0.3 is 0 Å². The smallest absolute Gasteiger partial charge is 0.235 e. The first-order valence-electron chi connectivity index (χ1n) is 5.34. The molecule has 94 valence electrons. The number of carbonyl (C=O) groups excluding carboxylic acids is 1. The molecule has 1 atom stereocenters. The van der Waals surface area contributed by atoms with Crippen molar-refractivity contribution < 1.29 is 13.2 Å². The van der Waals surface area contributed by atoms with Crippen LogP contribution in [-0.4, -0.2) is 42.8 Å². The van der Waals surface area contributed by atoms with E-state index in [4.69, 9.17) is 17.3 Å². The first-order chi connectivity index (χ1) is 7.49. The van der Waals surface area contributed by atoms with E-state index in [9.17, 15) is 13.2 Å². The number of hydrogen-bond acceptors (Lipinski definition) is 3. The molecule has 0 aliphatic carbocycles. The van der Waals surface area contributed by atoms with Crippen molar-refractivity contribution in [3.05, 3.63) is 0 Å². The van der Waals surface area contributed by atoms with Crippen molar-refractivity contribution in [2.24, 2.45) is 5.73 Å². The van der Waals surface area contributed by atoms with Gasteiger partial charge < -0.3 is 5.73 Å². The van der Waals surface area contributed by atoms with Gasteiger partial charge in [0.2, 0.25) is 15.9 Å². The number of sulfonamides is 1. The van der Waals surface area contributed by atoms with E-state index < -0.39 is 22.0 Å². The highest BCUT2D eigenvalue weighted by molar-refractivity contribution is 7.89. The summed E-state index contributed by atoms with van der Waals surface area (Å²) in [6.07, 6.45) is 2.41. The fourth-order valence-corrected chi connectivity index (χ4v) is 3.85. The summed E-state index contributed by atoms with van der Waals surface area (Å²) in [6.45, 7) is 0.400. The maximum Gasteiger partial charge on any atom is 0.235 e. The van der Waals surface area contributed by atoms with Gasteiger partial charge in [0.1, 0.15) is 6.04 Å². The highest BCUT2D eigenvalue weighted by atomic mass is 35.5. The molecule has 2 N–H and O–H groups in total. The average Bonchev–Trinajstić information content (AvgIpc) is 2.66. The van der Waals surface area contributed by atoms with Crippen LogP contribution in [0.15, 0.2) is 0 Å². The van der Waals surface area contributed by atoms with Gasteiger partial charge in [-0.15, -0.1) is 11.6 Å². The number of halogens is 1. The molecule has 0 aromatic heterocycles. The Hall–Kier alpha value is -0.330. The Labute approximate surface area is 101 Å². The molecule has 1 amide bonds. The molecule has 1 heterocycles. The number of nitrogens with zero attached hydrogens (tertiary/aromatic N) is 1. The quantitative estimate of drug-likeness (QED) is 0.555. The van der Waals surface area contributed by atoms with Gasteiger partial charge in [-0.05, 0) is 25.7 Å². The normalized spacial score (nSPS) is 22.4. The van der Waals surface area contributed by atoms with Gasteiger partial charge in [0.15, 0.2) is 0 Å². The molecular formula is C9H17ClN2O3S. The van der Waals surface area contributed by atoms with Crippen LogP contribution < -0.4 is 5.73 Å². The SMILES string of the molecule is NC(=O)C1CCCN1S(=O)(=O)CCCCCl. The summed E-state index contributed by atoms with van der Waals surface area (Å²) >= 11 is 5.49. The molecule has 1 rings (SSSR count). The van der Waals surface area contributed by atoms with E-state index in [1.165, 1.54) is 4.31 Å². The molecule has 0 aromatic rings. The Morgan fingerprint density at radius 3 is 2.69 bits per heavy atom. The van der Waals surface area contributed by atoms with Crippen molar-refractivity contribution >= 4 is 27.5 Å². The van der Waals surface area contributed by atoms with Crippen LogP contribution in [-0.2, 0) is 14.8 Å². The zero-order valence-electron chi connectivity index (χ0n) is 9.06. The van der Waals surface area contributed by atoms with Crippen LogP contribution in [0.4, 0.5) is 0 Å². The van der Waals surface area contributed by atoms with Crippen molar-refractivity contribution in [1.29, 1.82) is 0 Å². The van der Waals surface area contributed by atoms with Crippen LogP contribution in [0.25, 0.3) is 0 Å². The fraction of sp³-hybridized carbons (Fsp3) is 0.889. The molecule has 1 fully saturated rings. The lowest BCUT2D eigenvalue weighted by Crippen LogP contribution is -2.44. The van der Waals surface area contributed by atoms with E-state index in [0.717, 1.165) is 0 Å². The molecule has 0 bridgehead atoms.